The predicted octanol–water partition coefficient (Wildman–Crippen LogP) is 5.00. The average molecular weight is 399 g/mol. The van der Waals surface area contributed by atoms with E-state index in [9.17, 15) is 20.2 Å². The number of carbonyl (C=O) groups excluding carboxylic acids is 1. The van der Waals surface area contributed by atoms with Crippen molar-refractivity contribution < 1.29 is 9.72 Å². The van der Waals surface area contributed by atoms with E-state index in [1.54, 1.807) is 6.07 Å². The second kappa shape index (κ2) is 8.55. The van der Waals surface area contributed by atoms with Crippen molar-refractivity contribution in [1.29, 1.82) is 5.26 Å². The van der Waals surface area contributed by atoms with Crippen LogP contribution in [0, 0.1) is 21.4 Å². The number of nitriles is 1. The first-order chi connectivity index (χ1) is 13.1. The van der Waals surface area contributed by atoms with Crippen LogP contribution in [0.5, 0.6) is 0 Å². The summed E-state index contributed by atoms with van der Waals surface area (Å²) in [6.45, 7) is 6.32. The van der Waals surface area contributed by atoms with Gasteiger partial charge in [0.25, 0.3) is 11.6 Å². The van der Waals surface area contributed by atoms with Gasteiger partial charge in [0.1, 0.15) is 16.7 Å². The highest BCUT2D eigenvalue weighted by atomic mass is 35.5. The Morgan fingerprint density at radius 2 is 1.79 bits per heavy atom. The SMILES string of the molecule is CC(C)(C)c1ccc(N/C=C(/C#N)C(=O)Nc2ccc(Cl)c([N+](=O)[O-])c2)cc1. The van der Waals surface area contributed by atoms with Crippen molar-refractivity contribution in [2.75, 3.05) is 10.6 Å². The number of anilines is 2. The second-order valence-corrected chi connectivity index (χ2v) is 7.43. The van der Waals surface area contributed by atoms with Crippen molar-refractivity contribution in [2.45, 2.75) is 26.2 Å². The fraction of sp³-hybridized carbons (Fsp3) is 0.200. The van der Waals surface area contributed by atoms with Crippen LogP contribution >= 0.6 is 11.6 Å². The fourth-order valence-electron chi connectivity index (χ4n) is 2.30. The molecule has 7 nitrogen and oxygen atoms in total. The molecule has 0 heterocycles. The number of benzene rings is 2. The zero-order valence-corrected chi connectivity index (χ0v) is 16.4. The summed E-state index contributed by atoms with van der Waals surface area (Å²) >= 11 is 5.75. The van der Waals surface area contributed by atoms with Gasteiger partial charge in [-0.15, -0.1) is 0 Å². The molecular formula is C20H19ClN4O3. The minimum atomic E-state index is -0.696. The van der Waals surface area contributed by atoms with Crippen LogP contribution in [0.15, 0.2) is 54.2 Å². The molecule has 2 aromatic carbocycles. The number of nitro benzene ring substituents is 1. The van der Waals surface area contributed by atoms with Gasteiger partial charge in [0, 0.05) is 23.6 Å². The van der Waals surface area contributed by atoms with Crippen LogP contribution in [0.1, 0.15) is 26.3 Å². The number of nitro groups is 1. The highest BCUT2D eigenvalue weighted by molar-refractivity contribution is 6.32. The first kappa shape index (κ1) is 20.9. The van der Waals surface area contributed by atoms with E-state index in [-0.39, 0.29) is 27.4 Å². The van der Waals surface area contributed by atoms with Gasteiger partial charge in [0.2, 0.25) is 0 Å². The molecule has 2 rings (SSSR count). The third-order valence-corrected chi connectivity index (χ3v) is 4.22. The van der Waals surface area contributed by atoms with Crippen molar-refractivity contribution >= 4 is 34.6 Å². The normalized spacial score (nSPS) is 11.5. The van der Waals surface area contributed by atoms with Crippen molar-refractivity contribution in [3.05, 3.63) is 74.9 Å². The van der Waals surface area contributed by atoms with E-state index in [0.29, 0.717) is 0 Å². The highest BCUT2D eigenvalue weighted by Gasteiger charge is 2.16. The Bertz CT molecular complexity index is 970. The molecule has 0 saturated heterocycles. The van der Waals surface area contributed by atoms with Crippen LogP contribution in [0.25, 0.3) is 0 Å². The van der Waals surface area contributed by atoms with E-state index >= 15 is 0 Å². The largest absolute Gasteiger partial charge is 0.360 e. The Kier molecular flexibility index (Phi) is 6.39. The molecule has 0 unspecified atom stereocenters. The van der Waals surface area contributed by atoms with Gasteiger partial charge in [-0.1, -0.05) is 44.5 Å². The van der Waals surface area contributed by atoms with E-state index in [2.05, 4.69) is 31.4 Å². The fourth-order valence-corrected chi connectivity index (χ4v) is 2.49. The summed E-state index contributed by atoms with van der Waals surface area (Å²) in [7, 11) is 0. The van der Waals surface area contributed by atoms with E-state index < -0.39 is 10.8 Å². The number of rotatable bonds is 5. The molecule has 0 saturated carbocycles. The Labute approximate surface area is 167 Å². The number of hydrogen-bond acceptors (Lipinski definition) is 5. The lowest BCUT2D eigenvalue weighted by molar-refractivity contribution is -0.384. The Morgan fingerprint density at radius 3 is 2.32 bits per heavy atom. The van der Waals surface area contributed by atoms with Gasteiger partial charge < -0.3 is 10.6 Å². The van der Waals surface area contributed by atoms with Gasteiger partial charge in [-0.2, -0.15) is 5.26 Å². The van der Waals surface area contributed by atoms with Crippen LogP contribution in [0.3, 0.4) is 0 Å². The van der Waals surface area contributed by atoms with Gasteiger partial charge in [0.05, 0.1) is 4.92 Å². The van der Waals surface area contributed by atoms with Crippen LogP contribution in [-0.4, -0.2) is 10.8 Å². The molecule has 0 aliphatic carbocycles. The Hall–Kier alpha value is -3.37. The molecule has 0 atom stereocenters. The Morgan fingerprint density at radius 1 is 1.18 bits per heavy atom. The van der Waals surface area contributed by atoms with Crippen molar-refractivity contribution in [2.24, 2.45) is 0 Å². The smallest absolute Gasteiger partial charge is 0.289 e. The molecule has 2 N–H and O–H groups in total. The zero-order chi connectivity index (χ0) is 20.9. The molecular weight excluding hydrogens is 380 g/mol. The lowest BCUT2D eigenvalue weighted by atomic mass is 9.87. The van der Waals surface area contributed by atoms with Gasteiger partial charge in [-0.25, -0.2) is 0 Å². The van der Waals surface area contributed by atoms with Crippen LogP contribution in [0.2, 0.25) is 5.02 Å². The predicted molar refractivity (Wildman–Crippen MR) is 109 cm³/mol. The standard InChI is InChI=1S/C20H19ClN4O3/c1-20(2,3)14-4-6-15(7-5-14)23-12-13(11-22)19(26)24-16-8-9-17(21)18(10-16)25(27)28/h4-10,12,23H,1-3H3,(H,24,26)/b13-12-. The first-order valence-corrected chi connectivity index (χ1v) is 8.72. The Balaban J connectivity index is 2.12. The zero-order valence-electron chi connectivity index (χ0n) is 15.6. The maximum Gasteiger partial charge on any atom is 0.289 e. The average Bonchev–Trinajstić information content (AvgIpc) is 2.63. The number of carbonyl (C=O) groups is 1. The number of hydrogen-bond donors (Lipinski definition) is 2. The summed E-state index contributed by atoms with van der Waals surface area (Å²) in [6, 6.07) is 13.3. The topological polar surface area (TPSA) is 108 Å². The van der Waals surface area contributed by atoms with Gasteiger partial charge >= 0.3 is 0 Å². The van der Waals surface area contributed by atoms with Crippen molar-refractivity contribution in [1.82, 2.24) is 0 Å². The summed E-state index contributed by atoms with van der Waals surface area (Å²) in [5, 5.41) is 25.5. The summed E-state index contributed by atoms with van der Waals surface area (Å²) in [5.41, 5.74) is 1.54. The number of halogens is 1. The van der Waals surface area contributed by atoms with Crippen LogP contribution < -0.4 is 10.6 Å². The lowest BCUT2D eigenvalue weighted by Crippen LogP contribution is -2.14. The quantitative estimate of drug-likeness (QED) is 0.318. The minimum absolute atomic E-state index is 0.0211. The second-order valence-electron chi connectivity index (χ2n) is 7.02. The summed E-state index contributed by atoms with van der Waals surface area (Å²) < 4.78 is 0. The number of nitrogens with zero attached hydrogens (tertiary/aromatic N) is 2. The molecule has 0 spiro atoms. The summed E-state index contributed by atoms with van der Waals surface area (Å²) in [6.07, 6.45) is 1.28. The maximum atomic E-state index is 12.3. The third kappa shape index (κ3) is 5.32. The number of nitrogens with one attached hydrogen (secondary N) is 2. The summed E-state index contributed by atoms with van der Waals surface area (Å²) in [4.78, 5) is 22.6. The monoisotopic (exact) mass is 398 g/mol. The molecule has 144 valence electrons. The summed E-state index contributed by atoms with van der Waals surface area (Å²) in [5.74, 6) is -0.696. The van der Waals surface area contributed by atoms with E-state index in [1.807, 2.05) is 24.3 Å². The van der Waals surface area contributed by atoms with Gasteiger partial charge in [-0.05, 0) is 35.2 Å². The lowest BCUT2D eigenvalue weighted by Gasteiger charge is -2.19. The van der Waals surface area contributed by atoms with E-state index in [4.69, 9.17) is 11.6 Å². The molecule has 0 fully saturated rings. The molecule has 1 amide bonds. The minimum Gasteiger partial charge on any atom is -0.360 e. The van der Waals surface area contributed by atoms with Crippen LogP contribution in [-0.2, 0) is 10.2 Å². The third-order valence-electron chi connectivity index (χ3n) is 3.90. The molecule has 28 heavy (non-hydrogen) atoms. The molecule has 2 aromatic rings. The maximum absolute atomic E-state index is 12.3. The molecule has 0 aliphatic heterocycles. The first-order valence-electron chi connectivity index (χ1n) is 8.34. The van der Waals surface area contributed by atoms with E-state index in [0.717, 1.165) is 17.3 Å². The van der Waals surface area contributed by atoms with Gasteiger partial charge in [0.15, 0.2) is 0 Å². The molecule has 0 aliphatic rings. The number of amides is 1. The molecule has 0 aromatic heterocycles. The van der Waals surface area contributed by atoms with Gasteiger partial charge in [-0.3, -0.25) is 14.9 Å². The molecule has 0 radical (unpaired) electrons. The van der Waals surface area contributed by atoms with Crippen molar-refractivity contribution in [3.63, 3.8) is 0 Å². The highest BCUT2D eigenvalue weighted by Crippen LogP contribution is 2.27. The molecule has 8 heteroatoms. The van der Waals surface area contributed by atoms with E-state index in [1.165, 1.54) is 18.3 Å². The van der Waals surface area contributed by atoms with Crippen LogP contribution in [0.4, 0.5) is 17.1 Å². The molecule has 0 bridgehead atoms. The van der Waals surface area contributed by atoms with Crippen molar-refractivity contribution in [3.8, 4) is 6.07 Å².